The van der Waals surface area contributed by atoms with Crippen LogP contribution in [0.2, 0.25) is 0 Å². The van der Waals surface area contributed by atoms with Crippen molar-refractivity contribution in [3.8, 4) is 0 Å². The van der Waals surface area contributed by atoms with Gasteiger partial charge in [-0.25, -0.2) is 0 Å². The Labute approximate surface area is 96.7 Å². The van der Waals surface area contributed by atoms with Gasteiger partial charge < -0.3 is 15.4 Å². The highest BCUT2D eigenvalue weighted by molar-refractivity contribution is 5.78. The maximum atomic E-state index is 11.0. The molecule has 0 radical (unpaired) electrons. The highest BCUT2D eigenvalue weighted by Gasteiger charge is 2.27. The van der Waals surface area contributed by atoms with E-state index in [2.05, 4.69) is 4.99 Å². The summed E-state index contributed by atoms with van der Waals surface area (Å²) in [6.45, 7) is 2.83. The lowest BCUT2D eigenvalue weighted by atomic mass is 10.3. The molecule has 1 fully saturated rings. The maximum absolute atomic E-state index is 11.0. The first kappa shape index (κ1) is 12.8. The molecule has 1 aliphatic carbocycles. The number of aliphatic imine (C=N–C) groups is 1. The van der Waals surface area contributed by atoms with Gasteiger partial charge in [0.15, 0.2) is 5.96 Å². The fraction of sp³-hybridized carbons (Fsp3) is 0.818. The third kappa shape index (κ3) is 4.51. The summed E-state index contributed by atoms with van der Waals surface area (Å²) in [6.07, 6.45) is 3.51. The van der Waals surface area contributed by atoms with Crippen molar-refractivity contribution in [2.24, 2.45) is 10.7 Å². The number of nitrogens with zero attached hydrogens (tertiary/aromatic N) is 2. The number of carbonyl (C=O) groups is 1. The Bertz CT molecular complexity index is 262. The van der Waals surface area contributed by atoms with Crippen molar-refractivity contribution < 1.29 is 9.53 Å². The van der Waals surface area contributed by atoms with E-state index in [9.17, 15) is 4.79 Å². The van der Waals surface area contributed by atoms with Gasteiger partial charge in [0.2, 0.25) is 0 Å². The molecule has 1 aliphatic rings. The molecule has 5 heteroatoms. The molecule has 0 amide bonds. The normalized spacial score (nSPS) is 16.0. The van der Waals surface area contributed by atoms with E-state index in [0.717, 1.165) is 0 Å². The van der Waals surface area contributed by atoms with Gasteiger partial charge in [-0.15, -0.1) is 0 Å². The number of hydrogen-bond donors (Lipinski definition) is 1. The Morgan fingerprint density at radius 1 is 1.56 bits per heavy atom. The molecule has 0 spiro atoms. The van der Waals surface area contributed by atoms with Gasteiger partial charge in [0, 0.05) is 26.1 Å². The lowest BCUT2D eigenvalue weighted by Gasteiger charge is -2.16. The molecule has 0 atom stereocenters. The minimum absolute atomic E-state index is 0.160. The summed E-state index contributed by atoms with van der Waals surface area (Å²) >= 11 is 0. The first-order valence-electron chi connectivity index (χ1n) is 5.83. The second kappa shape index (κ2) is 6.35. The van der Waals surface area contributed by atoms with Crippen LogP contribution in [0.4, 0.5) is 0 Å². The van der Waals surface area contributed by atoms with Crippen LogP contribution < -0.4 is 5.73 Å². The molecule has 2 N–H and O–H groups in total. The highest BCUT2D eigenvalue weighted by Crippen LogP contribution is 2.24. The summed E-state index contributed by atoms with van der Waals surface area (Å²) in [7, 11) is 1.96. The Hall–Kier alpha value is -1.26. The number of esters is 1. The minimum atomic E-state index is -0.160. The number of nitrogens with two attached hydrogens (primary N) is 1. The van der Waals surface area contributed by atoms with Gasteiger partial charge in [-0.2, -0.15) is 0 Å². The largest absolute Gasteiger partial charge is 0.466 e. The molecule has 0 bridgehead atoms. The number of guanidine groups is 1. The molecule has 0 aliphatic heterocycles. The van der Waals surface area contributed by atoms with Crippen molar-refractivity contribution in [3.05, 3.63) is 0 Å². The minimum Gasteiger partial charge on any atom is -0.466 e. The third-order valence-electron chi connectivity index (χ3n) is 2.57. The van der Waals surface area contributed by atoms with Crippen molar-refractivity contribution in [1.29, 1.82) is 0 Å². The summed E-state index contributed by atoms with van der Waals surface area (Å²) in [5, 5.41) is 0. The van der Waals surface area contributed by atoms with Crippen LogP contribution in [-0.4, -0.2) is 43.1 Å². The van der Waals surface area contributed by atoms with Gasteiger partial charge in [-0.1, -0.05) is 0 Å². The first-order valence-corrected chi connectivity index (χ1v) is 5.83. The summed E-state index contributed by atoms with van der Waals surface area (Å²) < 4.78 is 4.82. The molecule has 0 saturated heterocycles. The standard InChI is InChI=1S/C11H21N3O2/c1-3-16-10(15)5-4-8-13-11(12)14(2)9-6-7-9/h9H,3-8H2,1-2H3,(H2,12,13). The summed E-state index contributed by atoms with van der Waals surface area (Å²) in [5.74, 6) is 0.415. The molecule has 1 rings (SSSR count). The summed E-state index contributed by atoms with van der Waals surface area (Å²) in [6, 6.07) is 0.578. The molecule has 0 aromatic carbocycles. The highest BCUT2D eigenvalue weighted by atomic mass is 16.5. The monoisotopic (exact) mass is 227 g/mol. The predicted octanol–water partition coefficient (Wildman–Crippen LogP) is 0.739. The zero-order valence-corrected chi connectivity index (χ0v) is 10.1. The quantitative estimate of drug-likeness (QED) is 0.314. The molecule has 0 aromatic rings. The predicted molar refractivity (Wildman–Crippen MR) is 63.1 cm³/mol. The first-order chi connectivity index (χ1) is 7.65. The van der Waals surface area contributed by atoms with Gasteiger partial charge in [0.05, 0.1) is 6.61 Å². The second-order valence-corrected chi connectivity index (χ2v) is 3.99. The smallest absolute Gasteiger partial charge is 0.305 e. The van der Waals surface area contributed by atoms with Crippen LogP contribution in [0.5, 0.6) is 0 Å². The van der Waals surface area contributed by atoms with E-state index in [-0.39, 0.29) is 5.97 Å². The van der Waals surface area contributed by atoms with E-state index in [0.29, 0.717) is 38.0 Å². The molecule has 92 valence electrons. The number of ether oxygens (including phenoxy) is 1. The SMILES string of the molecule is CCOC(=O)CCCN=C(N)N(C)C1CC1. The fourth-order valence-electron chi connectivity index (χ4n) is 1.41. The molecule has 5 nitrogen and oxygen atoms in total. The Kier molecular flexibility index (Phi) is 5.08. The van der Waals surface area contributed by atoms with Gasteiger partial charge in [0.1, 0.15) is 0 Å². The zero-order valence-electron chi connectivity index (χ0n) is 10.1. The second-order valence-electron chi connectivity index (χ2n) is 3.99. The topological polar surface area (TPSA) is 67.9 Å². The van der Waals surface area contributed by atoms with E-state index in [1.807, 2.05) is 11.9 Å². The van der Waals surface area contributed by atoms with Crippen LogP contribution in [0.1, 0.15) is 32.6 Å². The van der Waals surface area contributed by atoms with Crippen LogP contribution in [0.15, 0.2) is 4.99 Å². The summed E-state index contributed by atoms with van der Waals surface area (Å²) in [4.78, 5) is 17.3. The number of carbonyl (C=O) groups excluding carboxylic acids is 1. The Morgan fingerprint density at radius 3 is 2.81 bits per heavy atom. The summed E-state index contributed by atoms with van der Waals surface area (Å²) in [5.41, 5.74) is 5.79. The maximum Gasteiger partial charge on any atom is 0.305 e. The van der Waals surface area contributed by atoms with E-state index in [4.69, 9.17) is 10.5 Å². The van der Waals surface area contributed by atoms with Crippen LogP contribution in [0.3, 0.4) is 0 Å². The molecule has 0 aromatic heterocycles. The Morgan fingerprint density at radius 2 is 2.25 bits per heavy atom. The fourth-order valence-corrected chi connectivity index (χ4v) is 1.41. The van der Waals surface area contributed by atoms with E-state index >= 15 is 0 Å². The molecule has 0 unspecified atom stereocenters. The molecular weight excluding hydrogens is 206 g/mol. The van der Waals surface area contributed by atoms with Crippen molar-refractivity contribution in [1.82, 2.24) is 4.90 Å². The van der Waals surface area contributed by atoms with Gasteiger partial charge in [-0.3, -0.25) is 9.79 Å². The average molecular weight is 227 g/mol. The van der Waals surface area contributed by atoms with E-state index < -0.39 is 0 Å². The molecule has 1 saturated carbocycles. The van der Waals surface area contributed by atoms with E-state index in [1.54, 1.807) is 6.92 Å². The van der Waals surface area contributed by atoms with Crippen molar-refractivity contribution in [2.75, 3.05) is 20.2 Å². The lowest BCUT2D eigenvalue weighted by molar-refractivity contribution is -0.143. The zero-order chi connectivity index (χ0) is 12.0. The average Bonchev–Trinajstić information content (AvgIpc) is 3.07. The van der Waals surface area contributed by atoms with Gasteiger partial charge in [-0.05, 0) is 26.2 Å². The number of rotatable bonds is 6. The lowest BCUT2D eigenvalue weighted by Crippen LogP contribution is -2.35. The van der Waals surface area contributed by atoms with Crippen LogP contribution >= 0.6 is 0 Å². The Balaban J connectivity index is 2.12. The van der Waals surface area contributed by atoms with Crippen molar-refractivity contribution in [2.45, 2.75) is 38.6 Å². The van der Waals surface area contributed by atoms with Crippen molar-refractivity contribution >= 4 is 11.9 Å². The van der Waals surface area contributed by atoms with Crippen LogP contribution in [-0.2, 0) is 9.53 Å². The van der Waals surface area contributed by atoms with Gasteiger partial charge in [0.25, 0.3) is 0 Å². The van der Waals surface area contributed by atoms with E-state index in [1.165, 1.54) is 12.8 Å². The van der Waals surface area contributed by atoms with Crippen LogP contribution in [0, 0.1) is 0 Å². The third-order valence-corrected chi connectivity index (χ3v) is 2.57. The van der Waals surface area contributed by atoms with Crippen LogP contribution in [0.25, 0.3) is 0 Å². The van der Waals surface area contributed by atoms with Gasteiger partial charge >= 0.3 is 5.97 Å². The molecule has 0 heterocycles. The molecule has 16 heavy (non-hydrogen) atoms. The van der Waals surface area contributed by atoms with Crippen molar-refractivity contribution in [3.63, 3.8) is 0 Å². The number of hydrogen-bond acceptors (Lipinski definition) is 3. The molecular formula is C11H21N3O2.